The Hall–Kier alpha value is -1.56. The second-order valence-corrected chi connectivity index (χ2v) is 6.90. The molecule has 1 N–H and O–H groups in total. The molecule has 0 atom stereocenters. The molecule has 0 radical (unpaired) electrons. The van der Waals surface area contributed by atoms with E-state index in [1.54, 1.807) is 11.3 Å². The van der Waals surface area contributed by atoms with Gasteiger partial charge in [-0.25, -0.2) is 4.99 Å². The lowest BCUT2D eigenvalue weighted by molar-refractivity contribution is 0.312. The molecule has 0 bridgehead atoms. The summed E-state index contributed by atoms with van der Waals surface area (Å²) in [4.78, 5) is 9.64. The van der Waals surface area contributed by atoms with E-state index in [1.165, 1.54) is 0 Å². The van der Waals surface area contributed by atoms with Gasteiger partial charge < -0.3 is 15.1 Å². The summed E-state index contributed by atoms with van der Waals surface area (Å²) in [5.41, 5.74) is 3.19. The fourth-order valence-corrected chi connectivity index (χ4v) is 3.81. The predicted octanol–water partition coefficient (Wildman–Crippen LogP) is 2.27. The van der Waals surface area contributed by atoms with Gasteiger partial charge in [-0.05, 0) is 19.2 Å². The molecular formula is C16H17ClN4S. The Labute approximate surface area is 138 Å². The molecule has 0 spiro atoms. The van der Waals surface area contributed by atoms with Gasteiger partial charge in [-0.15, -0.1) is 11.3 Å². The topological polar surface area (TPSA) is 30.9 Å². The quantitative estimate of drug-likeness (QED) is 0.869. The van der Waals surface area contributed by atoms with E-state index in [1.807, 2.05) is 18.3 Å². The molecule has 2 aromatic rings. The van der Waals surface area contributed by atoms with Gasteiger partial charge in [0.2, 0.25) is 0 Å². The second-order valence-electron chi connectivity index (χ2n) is 5.72. The van der Waals surface area contributed by atoms with Crippen molar-refractivity contribution in [3.63, 3.8) is 0 Å². The highest BCUT2D eigenvalue weighted by molar-refractivity contribution is 7.08. The second kappa shape index (κ2) is 5.57. The summed E-state index contributed by atoms with van der Waals surface area (Å²) >= 11 is 8.01. The fourth-order valence-electron chi connectivity index (χ4n) is 2.89. The first-order valence-corrected chi connectivity index (χ1v) is 8.67. The molecule has 2 aliphatic rings. The van der Waals surface area contributed by atoms with Crippen molar-refractivity contribution in [2.75, 3.05) is 43.4 Å². The summed E-state index contributed by atoms with van der Waals surface area (Å²) in [7, 11) is 2.16. The largest absolute Gasteiger partial charge is 0.367 e. The molecule has 0 amide bonds. The molecule has 1 saturated heterocycles. The zero-order valence-corrected chi connectivity index (χ0v) is 13.9. The van der Waals surface area contributed by atoms with E-state index in [4.69, 9.17) is 16.6 Å². The van der Waals surface area contributed by atoms with Crippen molar-refractivity contribution < 1.29 is 0 Å². The van der Waals surface area contributed by atoms with Gasteiger partial charge in [0.1, 0.15) is 0 Å². The Morgan fingerprint density at radius 2 is 2.00 bits per heavy atom. The van der Waals surface area contributed by atoms with Crippen LogP contribution in [0.2, 0.25) is 5.02 Å². The first-order chi connectivity index (χ1) is 10.7. The number of fused-ring (bicyclic) bond motifs is 2. The number of rotatable bonds is 1. The standard InChI is InChI=1S/C16H17ClN4S/c1-20-2-4-21(5-3-20)15-7-12(17)6-11-8-18-13-9-22-10-14(13)19-16(11)15/h6-10,18H,2-5H2,1H3. The van der Waals surface area contributed by atoms with Crippen molar-refractivity contribution in [2.24, 2.45) is 4.99 Å². The number of anilines is 2. The number of benzene rings is 1. The number of likely N-dealkylation sites (N-methyl/N-ethyl adjacent to an activating group) is 1. The van der Waals surface area contributed by atoms with E-state index < -0.39 is 0 Å². The monoisotopic (exact) mass is 332 g/mol. The third kappa shape index (κ3) is 2.49. The van der Waals surface area contributed by atoms with Gasteiger partial charge in [0.15, 0.2) is 0 Å². The van der Waals surface area contributed by atoms with E-state index in [9.17, 15) is 0 Å². The molecule has 22 heavy (non-hydrogen) atoms. The number of thiophene rings is 1. The van der Waals surface area contributed by atoms with E-state index in [0.717, 1.165) is 58.8 Å². The van der Waals surface area contributed by atoms with Gasteiger partial charge in [0.05, 0.1) is 22.4 Å². The molecule has 1 aromatic carbocycles. The lowest BCUT2D eigenvalue weighted by atomic mass is 10.2. The summed E-state index contributed by atoms with van der Waals surface area (Å²) in [6, 6.07) is 4.02. The summed E-state index contributed by atoms with van der Waals surface area (Å²) < 4.78 is 0. The highest BCUT2D eigenvalue weighted by Gasteiger charge is 2.18. The minimum absolute atomic E-state index is 0.755. The molecule has 1 fully saturated rings. The van der Waals surface area contributed by atoms with Crippen LogP contribution < -0.4 is 20.8 Å². The van der Waals surface area contributed by atoms with Crippen LogP contribution in [0.4, 0.5) is 17.1 Å². The summed E-state index contributed by atoms with van der Waals surface area (Å²) in [6.45, 7) is 4.13. The van der Waals surface area contributed by atoms with Crippen molar-refractivity contribution in [1.29, 1.82) is 0 Å². The summed E-state index contributed by atoms with van der Waals surface area (Å²) in [5.74, 6) is 0. The highest BCUT2D eigenvalue weighted by atomic mass is 35.5. The van der Waals surface area contributed by atoms with Crippen molar-refractivity contribution in [1.82, 2.24) is 4.90 Å². The lowest BCUT2D eigenvalue weighted by Crippen LogP contribution is -2.47. The van der Waals surface area contributed by atoms with Crippen LogP contribution in [0.5, 0.6) is 0 Å². The maximum atomic E-state index is 6.34. The predicted molar refractivity (Wildman–Crippen MR) is 94.0 cm³/mol. The van der Waals surface area contributed by atoms with Crippen LogP contribution in [0, 0.1) is 0 Å². The molecule has 1 aromatic heterocycles. The maximum Gasteiger partial charge on any atom is 0.0979 e. The first kappa shape index (κ1) is 14.1. The third-order valence-electron chi connectivity index (χ3n) is 4.18. The Balaban J connectivity index is 1.89. The average Bonchev–Trinajstić information content (AvgIpc) is 2.88. The molecule has 4 rings (SSSR count). The number of piperazine rings is 1. The third-order valence-corrected chi connectivity index (χ3v) is 5.13. The van der Waals surface area contributed by atoms with Gasteiger partial charge in [0, 0.05) is 53.4 Å². The number of nitrogens with zero attached hydrogens (tertiary/aromatic N) is 3. The van der Waals surface area contributed by atoms with Crippen LogP contribution in [0.3, 0.4) is 0 Å². The Morgan fingerprint density at radius 1 is 1.18 bits per heavy atom. The van der Waals surface area contributed by atoms with Gasteiger partial charge >= 0.3 is 0 Å². The minimum Gasteiger partial charge on any atom is -0.367 e. The van der Waals surface area contributed by atoms with Gasteiger partial charge in [-0.1, -0.05) is 11.6 Å². The average molecular weight is 333 g/mol. The lowest BCUT2D eigenvalue weighted by Gasteiger charge is -2.34. The van der Waals surface area contributed by atoms with Crippen LogP contribution >= 0.6 is 22.9 Å². The number of nitrogens with one attached hydrogen (secondary N) is 1. The molecule has 0 aliphatic carbocycles. The molecular weight excluding hydrogens is 316 g/mol. The normalized spacial score (nSPS) is 17.6. The molecule has 114 valence electrons. The zero-order chi connectivity index (χ0) is 15.1. The van der Waals surface area contributed by atoms with E-state index in [2.05, 4.69) is 32.9 Å². The number of halogens is 1. The summed E-state index contributed by atoms with van der Waals surface area (Å²) in [5, 5.41) is 10.3. The fraction of sp³-hybridized carbons (Fsp3) is 0.312. The molecule has 0 saturated carbocycles. The molecule has 3 heterocycles. The number of hydrogen-bond donors (Lipinski definition) is 1. The van der Waals surface area contributed by atoms with Crippen molar-refractivity contribution >= 4 is 46.2 Å². The first-order valence-electron chi connectivity index (χ1n) is 7.35. The van der Waals surface area contributed by atoms with Crippen LogP contribution in [0.15, 0.2) is 27.9 Å². The molecule has 2 aliphatic heterocycles. The molecule has 0 unspecified atom stereocenters. The van der Waals surface area contributed by atoms with Crippen LogP contribution in [-0.2, 0) is 0 Å². The van der Waals surface area contributed by atoms with E-state index in [-0.39, 0.29) is 0 Å². The highest BCUT2D eigenvalue weighted by Crippen LogP contribution is 2.30. The SMILES string of the molecule is CN1CCN(c2cc(Cl)cc3c2=Nc2cscc2NC=3)CC1. The number of hydrogen-bond acceptors (Lipinski definition) is 5. The zero-order valence-electron chi connectivity index (χ0n) is 12.3. The van der Waals surface area contributed by atoms with Crippen molar-refractivity contribution in [3.8, 4) is 0 Å². The van der Waals surface area contributed by atoms with E-state index in [0.29, 0.717) is 0 Å². The summed E-state index contributed by atoms with van der Waals surface area (Å²) in [6.07, 6.45) is 2.00. The van der Waals surface area contributed by atoms with E-state index >= 15 is 0 Å². The maximum absolute atomic E-state index is 6.34. The Morgan fingerprint density at radius 3 is 2.82 bits per heavy atom. The van der Waals surface area contributed by atoms with Crippen LogP contribution in [0.1, 0.15) is 0 Å². The van der Waals surface area contributed by atoms with Gasteiger partial charge in [-0.3, -0.25) is 0 Å². The van der Waals surface area contributed by atoms with Crippen LogP contribution in [-0.4, -0.2) is 38.1 Å². The Kier molecular flexibility index (Phi) is 3.56. The minimum atomic E-state index is 0.755. The van der Waals surface area contributed by atoms with Gasteiger partial charge in [-0.2, -0.15) is 0 Å². The van der Waals surface area contributed by atoms with Crippen molar-refractivity contribution in [3.05, 3.63) is 38.5 Å². The Bertz CT molecular complexity index is 821. The van der Waals surface area contributed by atoms with Crippen molar-refractivity contribution in [2.45, 2.75) is 0 Å². The molecule has 6 heteroatoms. The smallest absolute Gasteiger partial charge is 0.0979 e. The molecule has 4 nitrogen and oxygen atoms in total. The van der Waals surface area contributed by atoms with Crippen LogP contribution in [0.25, 0.3) is 6.20 Å². The van der Waals surface area contributed by atoms with Gasteiger partial charge in [0.25, 0.3) is 0 Å².